The molecule has 0 saturated carbocycles. The van der Waals surface area contributed by atoms with Crippen molar-refractivity contribution in [3.63, 3.8) is 0 Å². The summed E-state index contributed by atoms with van der Waals surface area (Å²) >= 11 is 1.54. The number of anilines is 1. The number of ketones is 1. The maximum absolute atomic E-state index is 13.0. The van der Waals surface area contributed by atoms with Gasteiger partial charge in [-0.2, -0.15) is 0 Å². The molecule has 1 aliphatic heterocycles. The van der Waals surface area contributed by atoms with Gasteiger partial charge in [0, 0.05) is 35.3 Å². The van der Waals surface area contributed by atoms with Crippen molar-refractivity contribution >= 4 is 34.6 Å². The molecule has 0 spiro atoms. The van der Waals surface area contributed by atoms with E-state index in [1.165, 1.54) is 18.3 Å². The second-order valence-electron chi connectivity index (χ2n) is 7.63. The maximum atomic E-state index is 13.0. The highest BCUT2D eigenvalue weighted by Crippen LogP contribution is 2.24. The molecule has 0 bridgehead atoms. The Morgan fingerprint density at radius 1 is 1.06 bits per heavy atom. The van der Waals surface area contributed by atoms with E-state index >= 15 is 0 Å². The summed E-state index contributed by atoms with van der Waals surface area (Å²) in [7, 11) is 0. The zero-order chi connectivity index (χ0) is 21.8. The number of likely N-dealkylation sites (tertiary alicyclic amines) is 1. The monoisotopic (exact) mass is 433 g/mol. The number of Topliss-reactive ketones (excluding diaryl/α,β-unsaturated/α-hetero) is 1. The van der Waals surface area contributed by atoms with E-state index < -0.39 is 0 Å². The number of piperidine rings is 1. The zero-order valence-electron chi connectivity index (χ0n) is 17.2. The molecule has 1 N–H and O–H groups in total. The average Bonchev–Trinajstić information content (AvgIpc) is 3.34. The molecular formula is C24H23N3O3S. The van der Waals surface area contributed by atoms with Crippen LogP contribution in [0.3, 0.4) is 0 Å². The lowest BCUT2D eigenvalue weighted by molar-refractivity contribution is -0.121. The standard InChI is InChI=1S/C24H23N3O3S/c1-16(28)20-6-2-3-7-21(20)24(30)27-12-4-5-18(13-27)23(29)26-19-10-8-17(9-11-19)22-14-31-15-25-22/h2-3,6-11,14-15,18H,4-5,12-13H2,1H3,(H,26,29)/t18-/m0/s1. The van der Waals surface area contributed by atoms with Crippen molar-refractivity contribution < 1.29 is 14.4 Å². The molecule has 2 aromatic carbocycles. The van der Waals surface area contributed by atoms with Gasteiger partial charge in [-0.05, 0) is 38.0 Å². The highest BCUT2D eigenvalue weighted by atomic mass is 32.1. The predicted octanol–water partition coefficient (Wildman–Crippen LogP) is 4.50. The van der Waals surface area contributed by atoms with Gasteiger partial charge in [-0.25, -0.2) is 4.98 Å². The normalized spacial score (nSPS) is 16.0. The van der Waals surface area contributed by atoms with Crippen LogP contribution < -0.4 is 5.32 Å². The fraction of sp³-hybridized carbons (Fsp3) is 0.250. The summed E-state index contributed by atoms with van der Waals surface area (Å²) in [6.07, 6.45) is 1.47. The molecule has 0 radical (unpaired) electrons. The number of hydrogen-bond acceptors (Lipinski definition) is 5. The van der Waals surface area contributed by atoms with Gasteiger partial charge in [0.25, 0.3) is 5.91 Å². The first kappa shape index (κ1) is 20.9. The van der Waals surface area contributed by atoms with Crippen LogP contribution in [0.25, 0.3) is 11.3 Å². The third-order valence-electron chi connectivity index (χ3n) is 5.50. The summed E-state index contributed by atoms with van der Waals surface area (Å²) in [5, 5.41) is 4.94. The Hall–Kier alpha value is -3.32. The minimum absolute atomic E-state index is 0.0984. The second kappa shape index (κ2) is 9.22. The topological polar surface area (TPSA) is 79.4 Å². The number of rotatable bonds is 5. The largest absolute Gasteiger partial charge is 0.338 e. The first-order valence-electron chi connectivity index (χ1n) is 10.2. The van der Waals surface area contributed by atoms with Gasteiger partial charge in [0.1, 0.15) is 0 Å². The van der Waals surface area contributed by atoms with Gasteiger partial charge >= 0.3 is 0 Å². The van der Waals surface area contributed by atoms with Crippen molar-refractivity contribution in [2.24, 2.45) is 5.92 Å². The molecule has 1 fully saturated rings. The minimum Gasteiger partial charge on any atom is -0.338 e. The van der Waals surface area contributed by atoms with E-state index in [1.807, 2.05) is 29.6 Å². The van der Waals surface area contributed by atoms with Crippen LogP contribution in [-0.2, 0) is 4.79 Å². The van der Waals surface area contributed by atoms with E-state index in [-0.39, 0.29) is 23.5 Å². The summed E-state index contributed by atoms with van der Waals surface area (Å²) in [6.45, 7) is 2.38. The lowest BCUT2D eigenvalue weighted by atomic mass is 9.95. The van der Waals surface area contributed by atoms with E-state index in [1.54, 1.807) is 34.7 Å². The Bertz CT molecular complexity index is 1090. The van der Waals surface area contributed by atoms with Crippen LogP contribution in [0.1, 0.15) is 40.5 Å². The lowest BCUT2D eigenvalue weighted by Crippen LogP contribution is -2.44. The van der Waals surface area contributed by atoms with Crippen molar-refractivity contribution in [1.29, 1.82) is 0 Å². The van der Waals surface area contributed by atoms with E-state index in [4.69, 9.17) is 0 Å². The Morgan fingerprint density at radius 2 is 1.81 bits per heavy atom. The quantitative estimate of drug-likeness (QED) is 0.601. The number of hydrogen-bond donors (Lipinski definition) is 1. The number of aromatic nitrogens is 1. The molecule has 1 atom stereocenters. The van der Waals surface area contributed by atoms with Gasteiger partial charge in [-0.3, -0.25) is 14.4 Å². The zero-order valence-corrected chi connectivity index (χ0v) is 18.0. The molecule has 2 amide bonds. The SMILES string of the molecule is CC(=O)c1ccccc1C(=O)N1CCC[C@H](C(=O)Nc2ccc(-c3cscn3)cc2)C1. The molecule has 2 heterocycles. The molecule has 31 heavy (non-hydrogen) atoms. The third-order valence-corrected chi connectivity index (χ3v) is 6.08. The van der Waals surface area contributed by atoms with Crippen LogP contribution in [0.15, 0.2) is 59.4 Å². The summed E-state index contributed by atoms with van der Waals surface area (Å²) < 4.78 is 0. The van der Waals surface area contributed by atoms with Crippen LogP contribution >= 0.6 is 11.3 Å². The molecule has 0 aliphatic carbocycles. The molecule has 3 aromatic rings. The van der Waals surface area contributed by atoms with Gasteiger partial charge in [-0.1, -0.05) is 30.3 Å². The molecule has 1 aromatic heterocycles. The predicted molar refractivity (Wildman–Crippen MR) is 121 cm³/mol. The average molecular weight is 434 g/mol. The van der Waals surface area contributed by atoms with Gasteiger partial charge in [0.2, 0.25) is 5.91 Å². The summed E-state index contributed by atoms with van der Waals surface area (Å²) in [5.74, 6) is -0.730. The number of benzene rings is 2. The molecule has 158 valence electrons. The van der Waals surface area contributed by atoms with Crippen LogP contribution in [0.4, 0.5) is 5.69 Å². The van der Waals surface area contributed by atoms with E-state index in [9.17, 15) is 14.4 Å². The molecule has 1 saturated heterocycles. The third kappa shape index (κ3) is 4.72. The number of nitrogens with zero attached hydrogens (tertiary/aromatic N) is 2. The Labute approximate surface area is 184 Å². The molecular weight excluding hydrogens is 410 g/mol. The van der Waals surface area contributed by atoms with Crippen LogP contribution in [0.5, 0.6) is 0 Å². The van der Waals surface area contributed by atoms with Crippen molar-refractivity contribution in [1.82, 2.24) is 9.88 Å². The number of thiazole rings is 1. The van der Waals surface area contributed by atoms with Crippen molar-refractivity contribution in [2.75, 3.05) is 18.4 Å². The molecule has 7 heteroatoms. The minimum atomic E-state index is -0.291. The lowest BCUT2D eigenvalue weighted by Gasteiger charge is -2.32. The molecule has 0 unspecified atom stereocenters. The van der Waals surface area contributed by atoms with Crippen LogP contribution in [-0.4, -0.2) is 40.6 Å². The van der Waals surface area contributed by atoms with Crippen molar-refractivity contribution in [2.45, 2.75) is 19.8 Å². The second-order valence-corrected chi connectivity index (χ2v) is 8.35. The summed E-state index contributed by atoms with van der Waals surface area (Å²) in [4.78, 5) is 43.7. The summed E-state index contributed by atoms with van der Waals surface area (Å²) in [6, 6.07) is 14.4. The highest BCUT2D eigenvalue weighted by molar-refractivity contribution is 7.07. The van der Waals surface area contributed by atoms with Gasteiger partial charge in [0.15, 0.2) is 5.78 Å². The first-order valence-corrected chi connectivity index (χ1v) is 11.2. The van der Waals surface area contributed by atoms with Gasteiger partial charge in [-0.15, -0.1) is 11.3 Å². The Kier molecular flexibility index (Phi) is 6.23. The van der Waals surface area contributed by atoms with Crippen molar-refractivity contribution in [3.05, 3.63) is 70.5 Å². The highest BCUT2D eigenvalue weighted by Gasteiger charge is 2.30. The number of carbonyl (C=O) groups excluding carboxylic acids is 3. The number of nitrogens with one attached hydrogen (secondary N) is 1. The van der Waals surface area contributed by atoms with E-state index in [0.29, 0.717) is 29.9 Å². The smallest absolute Gasteiger partial charge is 0.254 e. The van der Waals surface area contributed by atoms with Crippen LogP contribution in [0.2, 0.25) is 0 Å². The van der Waals surface area contributed by atoms with E-state index in [2.05, 4.69) is 10.3 Å². The maximum Gasteiger partial charge on any atom is 0.254 e. The Balaban J connectivity index is 1.42. The molecule has 6 nitrogen and oxygen atoms in total. The Morgan fingerprint density at radius 3 is 2.48 bits per heavy atom. The first-order chi connectivity index (χ1) is 15.0. The fourth-order valence-corrected chi connectivity index (χ4v) is 4.41. The number of amides is 2. The fourth-order valence-electron chi connectivity index (χ4n) is 3.85. The molecule has 1 aliphatic rings. The van der Waals surface area contributed by atoms with Gasteiger partial charge in [0.05, 0.1) is 22.7 Å². The summed E-state index contributed by atoms with van der Waals surface area (Å²) in [5.41, 5.74) is 5.23. The van der Waals surface area contributed by atoms with Crippen LogP contribution in [0, 0.1) is 5.92 Å². The van der Waals surface area contributed by atoms with E-state index in [0.717, 1.165) is 24.1 Å². The number of carbonyl (C=O) groups is 3. The van der Waals surface area contributed by atoms with Gasteiger partial charge < -0.3 is 10.2 Å². The van der Waals surface area contributed by atoms with Crippen molar-refractivity contribution in [3.8, 4) is 11.3 Å². The molecule has 4 rings (SSSR count).